The largest absolute Gasteiger partial charge is 0.253 e. The monoisotopic (exact) mass is 846 g/mol. The van der Waals surface area contributed by atoms with Crippen LogP contribution < -0.4 is 0 Å². The van der Waals surface area contributed by atoms with Crippen molar-refractivity contribution in [2.75, 3.05) is 0 Å². The van der Waals surface area contributed by atoms with Crippen LogP contribution in [-0.4, -0.2) is 10.7 Å². The molecule has 0 amide bonds. The summed E-state index contributed by atoms with van der Waals surface area (Å²) in [6.45, 7) is 11.5. The van der Waals surface area contributed by atoms with Gasteiger partial charge in [-0.3, -0.25) is 4.99 Å². The first-order valence-electron chi connectivity index (χ1n) is 23.3. The maximum atomic E-state index is 5.64. The Labute approximate surface area is 388 Å². The van der Waals surface area contributed by atoms with Crippen molar-refractivity contribution in [2.24, 2.45) is 4.99 Å². The first-order chi connectivity index (χ1) is 32.1. The van der Waals surface area contributed by atoms with E-state index in [-0.39, 0.29) is 10.8 Å². The summed E-state index contributed by atoms with van der Waals surface area (Å²) < 4.78 is 0. The Bertz CT molecular complexity index is 3610. The van der Waals surface area contributed by atoms with Gasteiger partial charge >= 0.3 is 0 Å². The number of benzene rings is 9. The van der Waals surface area contributed by atoms with Gasteiger partial charge in [-0.1, -0.05) is 198 Å². The van der Waals surface area contributed by atoms with Gasteiger partial charge in [0.2, 0.25) is 0 Å². The molecule has 0 N–H and O–H groups in total. The van der Waals surface area contributed by atoms with Crippen LogP contribution >= 0.6 is 0 Å². The molecule has 0 saturated heterocycles. The predicted molar refractivity (Wildman–Crippen MR) is 278 cm³/mol. The van der Waals surface area contributed by atoms with Gasteiger partial charge in [0, 0.05) is 32.9 Å². The highest BCUT2D eigenvalue weighted by Crippen LogP contribution is 2.52. The van der Waals surface area contributed by atoms with E-state index in [1.54, 1.807) is 0 Å². The number of nitrogens with zero attached hydrogens (tertiary/aromatic N) is 2. The lowest BCUT2D eigenvalue weighted by molar-refractivity contribution is 0.660. The number of hydrogen-bond acceptors (Lipinski definition) is 2. The van der Waals surface area contributed by atoms with Gasteiger partial charge in [-0.05, 0) is 133 Å². The molecule has 10 aromatic rings. The van der Waals surface area contributed by atoms with Crippen molar-refractivity contribution < 1.29 is 0 Å². The summed E-state index contributed by atoms with van der Waals surface area (Å²) in [6, 6.07) is 73.6. The molecule has 0 aliphatic heterocycles. The molecule has 2 nitrogen and oxygen atoms in total. The fraction of sp³-hybridized carbons (Fsp3) is 0.125. The van der Waals surface area contributed by atoms with Gasteiger partial charge in [-0.25, -0.2) is 4.98 Å². The summed E-state index contributed by atoms with van der Waals surface area (Å²) in [5, 5.41) is 3.49. The third-order valence-electron chi connectivity index (χ3n) is 14.7. The molecular weight excluding hydrogens is 797 g/mol. The lowest BCUT2D eigenvalue weighted by Gasteiger charge is -2.22. The second-order valence-corrected chi connectivity index (χ2v) is 19.3. The molecule has 0 saturated carbocycles. The van der Waals surface area contributed by atoms with Crippen molar-refractivity contribution in [3.05, 3.63) is 239 Å². The standard InChI is InChI=1S/C64H50N2/c1-40(65-60-26-16-9-19-45(60)35-41-17-7-6-8-18-41)42-27-29-43(30-28-42)54-39-61(46-32-34-51-49-22-13-15-25-57(49)64(4,5)59(51)37-46)66-62-52-23-11-10-20-47(52)53(38-55(54)62)44-31-33-50-48-21-12-14-24-56(48)63(2,3)58(50)36-44/h6-34,36-39H,35H2,1-5H3. The topological polar surface area (TPSA) is 25.2 Å². The average Bonchev–Trinajstić information content (AvgIpc) is 3.73. The highest BCUT2D eigenvalue weighted by Gasteiger charge is 2.37. The van der Waals surface area contributed by atoms with Crippen LogP contribution in [0.5, 0.6) is 0 Å². The molecule has 1 heterocycles. The highest BCUT2D eigenvalue weighted by molar-refractivity contribution is 6.16. The summed E-state index contributed by atoms with van der Waals surface area (Å²) in [5.74, 6) is 0. The molecule has 9 aromatic carbocycles. The summed E-state index contributed by atoms with van der Waals surface area (Å²) in [4.78, 5) is 10.9. The fourth-order valence-electron chi connectivity index (χ4n) is 11.1. The molecule has 0 bridgehead atoms. The number of aromatic nitrogens is 1. The van der Waals surface area contributed by atoms with Crippen LogP contribution in [-0.2, 0) is 17.3 Å². The van der Waals surface area contributed by atoms with Crippen molar-refractivity contribution in [1.82, 2.24) is 4.98 Å². The summed E-state index contributed by atoms with van der Waals surface area (Å²) >= 11 is 0. The summed E-state index contributed by atoms with van der Waals surface area (Å²) in [6.07, 6.45) is 0.840. The zero-order valence-electron chi connectivity index (χ0n) is 38.2. The van der Waals surface area contributed by atoms with Crippen LogP contribution in [0.2, 0.25) is 0 Å². The minimum absolute atomic E-state index is 0.102. The number of rotatable bonds is 7. The second kappa shape index (κ2) is 15.2. The van der Waals surface area contributed by atoms with Crippen molar-refractivity contribution in [1.29, 1.82) is 0 Å². The zero-order valence-corrected chi connectivity index (χ0v) is 38.2. The number of pyridine rings is 1. The SMILES string of the molecule is CC(=Nc1ccccc1Cc1ccccc1)c1ccc(-c2cc(-c3ccc4c(c3)C(C)(C)c3ccccc3-4)nc3c2cc(-c2ccc4c(c2)C(C)(C)c2ccccc2-4)c2ccccc23)cc1. The number of hydrogen-bond donors (Lipinski definition) is 0. The normalized spacial score (nSPS) is 14.2. The molecule has 0 unspecified atom stereocenters. The summed E-state index contributed by atoms with van der Waals surface area (Å²) in [5.41, 5.74) is 24.0. The highest BCUT2D eigenvalue weighted by atomic mass is 14.7. The molecule has 12 rings (SSSR count). The van der Waals surface area contributed by atoms with E-state index >= 15 is 0 Å². The summed E-state index contributed by atoms with van der Waals surface area (Å²) in [7, 11) is 0. The Kier molecular flexibility index (Phi) is 9.19. The molecule has 0 fully saturated rings. The number of para-hydroxylation sites is 1. The van der Waals surface area contributed by atoms with Crippen molar-refractivity contribution >= 4 is 33.1 Å². The molecule has 0 radical (unpaired) electrons. The third kappa shape index (κ3) is 6.38. The first kappa shape index (κ1) is 39.9. The molecule has 2 aliphatic rings. The van der Waals surface area contributed by atoms with E-state index in [9.17, 15) is 0 Å². The van der Waals surface area contributed by atoms with Crippen molar-refractivity contribution in [2.45, 2.75) is 51.9 Å². The Hall–Kier alpha value is -7.68. The van der Waals surface area contributed by atoms with Gasteiger partial charge < -0.3 is 0 Å². The number of aliphatic imine (C=N–C) groups is 1. The Morgan fingerprint density at radius 1 is 0.424 bits per heavy atom. The van der Waals surface area contributed by atoms with E-state index in [1.807, 2.05) is 0 Å². The van der Waals surface area contributed by atoms with Crippen LogP contribution in [0.15, 0.2) is 205 Å². The minimum Gasteiger partial charge on any atom is -0.253 e. The fourth-order valence-corrected chi connectivity index (χ4v) is 11.1. The van der Waals surface area contributed by atoms with Gasteiger partial charge in [-0.15, -0.1) is 0 Å². The van der Waals surface area contributed by atoms with Gasteiger partial charge in [-0.2, -0.15) is 0 Å². The Morgan fingerprint density at radius 3 is 1.65 bits per heavy atom. The maximum absolute atomic E-state index is 5.64. The van der Waals surface area contributed by atoms with Crippen molar-refractivity contribution in [3.63, 3.8) is 0 Å². The first-order valence-corrected chi connectivity index (χ1v) is 23.3. The van der Waals surface area contributed by atoms with Crippen LogP contribution in [0.3, 0.4) is 0 Å². The van der Waals surface area contributed by atoms with Gasteiger partial charge in [0.1, 0.15) is 0 Å². The average molecular weight is 847 g/mol. The molecule has 1 aromatic heterocycles. The zero-order chi connectivity index (χ0) is 44.7. The van der Waals surface area contributed by atoms with Gasteiger partial charge in [0.05, 0.1) is 16.9 Å². The third-order valence-corrected chi connectivity index (χ3v) is 14.7. The quantitative estimate of drug-likeness (QED) is 0.116. The van der Waals surface area contributed by atoms with Crippen LogP contribution in [0, 0.1) is 0 Å². The van der Waals surface area contributed by atoms with E-state index in [0.29, 0.717) is 0 Å². The molecule has 2 aliphatic carbocycles. The molecule has 0 atom stereocenters. The second-order valence-electron chi connectivity index (χ2n) is 19.3. The van der Waals surface area contributed by atoms with Crippen LogP contribution in [0.4, 0.5) is 5.69 Å². The lowest BCUT2D eigenvalue weighted by Crippen LogP contribution is -2.15. The van der Waals surface area contributed by atoms with Crippen LogP contribution in [0.1, 0.15) is 73.6 Å². The minimum atomic E-state index is -0.119. The van der Waals surface area contributed by atoms with Crippen LogP contribution in [0.25, 0.3) is 77.4 Å². The molecule has 0 spiro atoms. The van der Waals surface area contributed by atoms with E-state index < -0.39 is 0 Å². The van der Waals surface area contributed by atoms with E-state index in [1.165, 1.54) is 72.1 Å². The molecule has 2 heteroatoms. The predicted octanol–water partition coefficient (Wildman–Crippen LogP) is 16.7. The molecule has 66 heavy (non-hydrogen) atoms. The lowest BCUT2D eigenvalue weighted by atomic mass is 9.81. The van der Waals surface area contributed by atoms with E-state index in [4.69, 9.17) is 9.98 Å². The number of fused-ring (bicyclic) bond motifs is 9. The van der Waals surface area contributed by atoms with Gasteiger partial charge in [0.25, 0.3) is 0 Å². The maximum Gasteiger partial charge on any atom is 0.0794 e. The van der Waals surface area contributed by atoms with Crippen molar-refractivity contribution in [3.8, 4) is 55.8 Å². The van der Waals surface area contributed by atoms with E-state index in [2.05, 4.69) is 235 Å². The molecular formula is C64H50N2. The Morgan fingerprint density at radius 2 is 0.955 bits per heavy atom. The smallest absolute Gasteiger partial charge is 0.0794 e. The Balaban J connectivity index is 1.02. The van der Waals surface area contributed by atoms with Gasteiger partial charge in [0.15, 0.2) is 0 Å². The van der Waals surface area contributed by atoms with E-state index in [0.717, 1.165) is 62.1 Å². The molecule has 316 valence electrons.